The molecule has 9 nitrogen and oxygen atoms in total. The van der Waals surface area contributed by atoms with Gasteiger partial charge in [0, 0.05) is 17.6 Å². The minimum atomic E-state index is -5.08. The van der Waals surface area contributed by atoms with Gasteiger partial charge in [-0.1, -0.05) is 0 Å². The van der Waals surface area contributed by atoms with Crippen molar-refractivity contribution in [1.82, 2.24) is 10.7 Å². The number of aliphatic carboxylic acids is 1. The largest absolute Gasteiger partial charge is 0.490 e. The van der Waals surface area contributed by atoms with Gasteiger partial charge >= 0.3 is 12.1 Å². The Morgan fingerprint density at radius 3 is 2.62 bits per heavy atom. The molecule has 29 heavy (non-hydrogen) atoms. The van der Waals surface area contributed by atoms with Gasteiger partial charge < -0.3 is 25.4 Å². The number of nitrogens with one attached hydrogen (secondary N) is 3. The van der Waals surface area contributed by atoms with E-state index in [1.54, 1.807) is 0 Å². The Balaban J connectivity index is 0.000000298. The molecule has 3 aliphatic heterocycles. The molecule has 3 heterocycles. The highest BCUT2D eigenvalue weighted by Crippen LogP contribution is 2.41. The summed E-state index contributed by atoms with van der Waals surface area (Å²) >= 11 is 3.58. The SMILES string of the molecule is CC1C(=O)NN=C2COc3cc(Br)c(NC4CNC4)cc3N21.O=C(O)C(F)(F)F. The van der Waals surface area contributed by atoms with Crippen LogP contribution in [0.1, 0.15) is 6.92 Å². The van der Waals surface area contributed by atoms with Crippen LogP contribution < -0.4 is 25.7 Å². The lowest BCUT2D eigenvalue weighted by atomic mass is 10.1. The number of hydrazone groups is 1. The van der Waals surface area contributed by atoms with E-state index in [4.69, 9.17) is 14.6 Å². The van der Waals surface area contributed by atoms with Crippen molar-refractivity contribution in [3.05, 3.63) is 16.6 Å². The van der Waals surface area contributed by atoms with Crippen LogP contribution >= 0.6 is 15.9 Å². The fraction of sp³-hybridized carbons (Fsp3) is 0.438. The highest BCUT2D eigenvalue weighted by molar-refractivity contribution is 9.10. The fourth-order valence-electron chi connectivity index (χ4n) is 2.77. The molecule has 0 radical (unpaired) electrons. The number of carbonyl (C=O) groups excluding carboxylic acids is 1. The number of hydrogen-bond donors (Lipinski definition) is 4. The fourth-order valence-corrected chi connectivity index (χ4v) is 3.21. The van der Waals surface area contributed by atoms with Crippen molar-refractivity contribution in [1.29, 1.82) is 0 Å². The summed E-state index contributed by atoms with van der Waals surface area (Å²) < 4.78 is 38.5. The molecule has 1 fully saturated rings. The Morgan fingerprint density at radius 1 is 1.41 bits per heavy atom. The first kappa shape index (κ1) is 21.2. The van der Waals surface area contributed by atoms with Crippen molar-refractivity contribution >= 4 is 45.0 Å². The van der Waals surface area contributed by atoms with Crippen LogP contribution in [0.5, 0.6) is 5.75 Å². The van der Waals surface area contributed by atoms with E-state index in [-0.39, 0.29) is 11.9 Å². The van der Waals surface area contributed by atoms with Gasteiger partial charge in [0.15, 0.2) is 5.84 Å². The van der Waals surface area contributed by atoms with Crippen LogP contribution in [0.2, 0.25) is 0 Å². The molecule has 13 heteroatoms. The zero-order valence-corrected chi connectivity index (χ0v) is 16.6. The number of anilines is 2. The summed E-state index contributed by atoms with van der Waals surface area (Å²) in [7, 11) is 0. The minimum absolute atomic E-state index is 0.114. The van der Waals surface area contributed by atoms with E-state index in [0.29, 0.717) is 12.6 Å². The van der Waals surface area contributed by atoms with Gasteiger partial charge in [-0.2, -0.15) is 18.3 Å². The summed E-state index contributed by atoms with van der Waals surface area (Å²) in [6.07, 6.45) is -5.08. The van der Waals surface area contributed by atoms with Crippen molar-refractivity contribution in [3.63, 3.8) is 0 Å². The third-order valence-corrected chi connectivity index (χ3v) is 5.04. The molecular weight excluding hydrogens is 463 g/mol. The molecule has 0 saturated carbocycles. The van der Waals surface area contributed by atoms with E-state index in [9.17, 15) is 18.0 Å². The van der Waals surface area contributed by atoms with Gasteiger partial charge in [-0.15, -0.1) is 0 Å². The van der Waals surface area contributed by atoms with Crippen LogP contribution in [-0.2, 0) is 9.59 Å². The van der Waals surface area contributed by atoms with Crippen LogP contribution in [0.3, 0.4) is 0 Å². The Kier molecular flexibility index (Phi) is 5.89. The van der Waals surface area contributed by atoms with Gasteiger partial charge in [0.1, 0.15) is 18.4 Å². The molecule has 4 N–H and O–H groups in total. The quantitative estimate of drug-likeness (QED) is 0.507. The molecule has 0 aliphatic carbocycles. The van der Waals surface area contributed by atoms with E-state index < -0.39 is 12.1 Å². The Bertz CT molecular complexity index is 860. The summed E-state index contributed by atoms with van der Waals surface area (Å²) in [6.45, 7) is 4.12. The molecule has 1 atom stereocenters. The Morgan fingerprint density at radius 2 is 2.07 bits per heavy atom. The maximum atomic E-state index is 11.9. The second kappa shape index (κ2) is 8.06. The first-order chi connectivity index (χ1) is 13.6. The van der Waals surface area contributed by atoms with Crippen LogP contribution in [0.25, 0.3) is 0 Å². The first-order valence-electron chi connectivity index (χ1n) is 8.47. The lowest BCUT2D eigenvalue weighted by Crippen LogP contribution is -2.55. The second-order valence-electron chi connectivity index (χ2n) is 6.44. The smallest absolute Gasteiger partial charge is 0.483 e. The number of nitrogens with zero attached hydrogens (tertiary/aromatic N) is 2. The van der Waals surface area contributed by atoms with Crippen molar-refractivity contribution in [2.45, 2.75) is 25.2 Å². The number of rotatable bonds is 2. The van der Waals surface area contributed by atoms with Crippen LogP contribution in [0.15, 0.2) is 21.7 Å². The predicted octanol–water partition coefficient (Wildman–Crippen LogP) is 1.50. The number of carboxylic acid groups (broad SMARTS) is 1. The number of fused-ring (bicyclic) bond motifs is 3. The van der Waals surface area contributed by atoms with Gasteiger partial charge in [-0.05, 0) is 35.0 Å². The molecule has 4 rings (SSSR count). The standard InChI is InChI=1S/C14H16BrN5O2.C2HF3O2/c1-7-14(21)19-18-13-6-22-12-2-9(15)10(3-11(12)20(7)13)17-8-4-16-5-8;3-2(4,5)1(6)7/h2-3,7-8,16-17H,4-6H2,1H3,(H,19,21);(H,6,7). The van der Waals surface area contributed by atoms with Crippen molar-refractivity contribution in [2.24, 2.45) is 5.10 Å². The molecule has 158 valence electrons. The molecule has 1 aromatic carbocycles. The zero-order chi connectivity index (χ0) is 21.3. The third kappa shape index (κ3) is 4.56. The van der Waals surface area contributed by atoms with Gasteiger partial charge in [0.2, 0.25) is 0 Å². The monoisotopic (exact) mass is 479 g/mol. The summed E-state index contributed by atoms with van der Waals surface area (Å²) in [5, 5.41) is 17.9. The topological polar surface area (TPSA) is 115 Å². The van der Waals surface area contributed by atoms with Crippen LogP contribution in [0.4, 0.5) is 24.5 Å². The number of alkyl halides is 3. The molecular formula is C16H17BrF3N5O4. The summed E-state index contributed by atoms with van der Waals surface area (Å²) in [4.78, 5) is 22.7. The molecule has 0 aromatic heterocycles. The zero-order valence-electron chi connectivity index (χ0n) is 15.0. The van der Waals surface area contributed by atoms with E-state index >= 15 is 0 Å². The molecule has 0 spiro atoms. The first-order valence-corrected chi connectivity index (χ1v) is 9.26. The maximum Gasteiger partial charge on any atom is 0.490 e. The number of hydrogen-bond acceptors (Lipinski definition) is 7. The van der Waals surface area contributed by atoms with E-state index in [1.165, 1.54) is 0 Å². The molecule has 1 amide bonds. The van der Waals surface area contributed by atoms with Gasteiger partial charge in [-0.25, -0.2) is 10.2 Å². The highest BCUT2D eigenvalue weighted by Gasteiger charge is 2.38. The molecule has 3 aliphatic rings. The summed E-state index contributed by atoms with van der Waals surface area (Å²) in [5.74, 6) is -1.40. The van der Waals surface area contributed by atoms with E-state index in [1.807, 2.05) is 24.0 Å². The average Bonchev–Trinajstić information content (AvgIpc) is 2.61. The maximum absolute atomic E-state index is 11.9. The van der Waals surface area contributed by atoms with E-state index in [2.05, 4.69) is 37.1 Å². The normalized spacial score (nSPS) is 20.6. The van der Waals surface area contributed by atoms with Gasteiger partial charge in [0.05, 0.1) is 17.4 Å². The molecule has 1 aromatic rings. The summed E-state index contributed by atoms with van der Waals surface area (Å²) in [6, 6.07) is 4.07. The average molecular weight is 480 g/mol. The summed E-state index contributed by atoms with van der Waals surface area (Å²) in [5.41, 5.74) is 4.39. The molecule has 1 unspecified atom stereocenters. The van der Waals surface area contributed by atoms with Crippen LogP contribution in [0, 0.1) is 0 Å². The number of halogens is 4. The Labute approximate surface area is 171 Å². The number of carbonyl (C=O) groups is 2. The number of ether oxygens (including phenoxy) is 1. The molecule has 1 saturated heterocycles. The minimum Gasteiger partial charge on any atom is -0.483 e. The van der Waals surface area contributed by atoms with Crippen molar-refractivity contribution < 1.29 is 32.6 Å². The highest BCUT2D eigenvalue weighted by atomic mass is 79.9. The number of amides is 1. The number of benzene rings is 1. The predicted molar refractivity (Wildman–Crippen MR) is 101 cm³/mol. The third-order valence-electron chi connectivity index (χ3n) is 4.39. The Hall–Kier alpha value is -2.54. The number of amidine groups is 1. The second-order valence-corrected chi connectivity index (χ2v) is 7.30. The van der Waals surface area contributed by atoms with Gasteiger partial charge in [0.25, 0.3) is 5.91 Å². The van der Waals surface area contributed by atoms with Crippen molar-refractivity contribution in [2.75, 3.05) is 29.9 Å². The van der Waals surface area contributed by atoms with Crippen LogP contribution in [-0.4, -0.2) is 60.8 Å². The van der Waals surface area contributed by atoms with Gasteiger partial charge in [-0.3, -0.25) is 4.79 Å². The lowest BCUT2D eigenvalue weighted by Gasteiger charge is -2.38. The lowest BCUT2D eigenvalue weighted by molar-refractivity contribution is -0.192. The number of carboxylic acids is 1. The molecule has 0 bridgehead atoms. The van der Waals surface area contributed by atoms with E-state index in [0.717, 1.165) is 40.5 Å². The van der Waals surface area contributed by atoms with Crippen molar-refractivity contribution in [3.8, 4) is 5.75 Å².